The zero-order chi connectivity index (χ0) is 13.1. The molecule has 0 unspecified atom stereocenters. The maximum absolute atomic E-state index is 5.71. The molecule has 0 fully saturated rings. The van der Waals surface area contributed by atoms with Crippen molar-refractivity contribution in [1.82, 2.24) is 9.38 Å². The molecule has 0 spiro atoms. The molecule has 0 saturated carbocycles. The number of nitrogens with zero attached hydrogens (tertiary/aromatic N) is 2. The molecule has 0 aliphatic heterocycles. The number of hydrogen-bond acceptors (Lipinski definition) is 4. The highest BCUT2D eigenvalue weighted by Crippen LogP contribution is 2.28. The Bertz CT molecular complexity index is 658. The average Bonchev–Trinajstić information content (AvgIpc) is 3.01. The van der Waals surface area contributed by atoms with E-state index < -0.39 is 0 Å². The first kappa shape index (κ1) is 12.7. The van der Waals surface area contributed by atoms with Gasteiger partial charge in [0.15, 0.2) is 4.96 Å². The molecule has 0 radical (unpaired) electrons. The molecule has 0 amide bonds. The highest BCUT2D eigenvalue weighted by Gasteiger charge is 2.12. The van der Waals surface area contributed by atoms with Crippen LogP contribution < -0.4 is 5.73 Å². The molecular weight excluding hydrogens is 274 g/mol. The van der Waals surface area contributed by atoms with Crippen LogP contribution in [0.15, 0.2) is 46.9 Å². The lowest BCUT2D eigenvalue weighted by Crippen LogP contribution is -2.05. The van der Waals surface area contributed by atoms with E-state index in [9.17, 15) is 0 Å². The Balaban J connectivity index is 1.83. The Kier molecular flexibility index (Phi) is 3.87. The molecule has 2 heterocycles. The summed E-state index contributed by atoms with van der Waals surface area (Å²) in [6, 6.07) is 10.5. The second kappa shape index (κ2) is 5.77. The van der Waals surface area contributed by atoms with Crippen LogP contribution in [0.25, 0.3) is 4.96 Å². The van der Waals surface area contributed by atoms with Gasteiger partial charge in [-0.25, -0.2) is 4.98 Å². The second-order valence-electron chi connectivity index (χ2n) is 4.23. The van der Waals surface area contributed by atoms with Crippen molar-refractivity contribution in [2.75, 3.05) is 6.54 Å². The summed E-state index contributed by atoms with van der Waals surface area (Å²) < 4.78 is 2.16. The van der Waals surface area contributed by atoms with E-state index >= 15 is 0 Å². The van der Waals surface area contributed by atoms with Crippen LogP contribution in [0.3, 0.4) is 0 Å². The van der Waals surface area contributed by atoms with Crippen molar-refractivity contribution in [3.63, 3.8) is 0 Å². The third kappa shape index (κ3) is 2.68. The van der Waals surface area contributed by atoms with Gasteiger partial charge in [-0.15, -0.1) is 11.3 Å². The van der Waals surface area contributed by atoms with E-state index in [-0.39, 0.29) is 0 Å². The maximum atomic E-state index is 5.71. The van der Waals surface area contributed by atoms with Crippen LogP contribution in [0, 0.1) is 0 Å². The van der Waals surface area contributed by atoms with Crippen LogP contribution in [-0.2, 0) is 12.2 Å². The largest absolute Gasteiger partial charge is 0.330 e. The number of thioether (sulfide) groups is 1. The van der Waals surface area contributed by atoms with Gasteiger partial charge in [0.1, 0.15) is 5.03 Å². The number of rotatable bonds is 5. The molecule has 3 rings (SSSR count). The molecule has 0 saturated heterocycles. The topological polar surface area (TPSA) is 43.3 Å². The summed E-state index contributed by atoms with van der Waals surface area (Å²) >= 11 is 3.46. The second-order valence-corrected chi connectivity index (χ2v) is 6.07. The number of imidazole rings is 1. The van der Waals surface area contributed by atoms with E-state index in [2.05, 4.69) is 40.2 Å². The molecule has 5 heteroatoms. The molecule has 0 atom stereocenters. The molecule has 0 aliphatic carbocycles. The van der Waals surface area contributed by atoms with Gasteiger partial charge in [-0.3, -0.25) is 4.40 Å². The van der Waals surface area contributed by atoms with Crippen LogP contribution in [0.1, 0.15) is 11.3 Å². The van der Waals surface area contributed by atoms with Gasteiger partial charge in [0.05, 0.1) is 5.69 Å². The van der Waals surface area contributed by atoms with Crippen LogP contribution in [0.5, 0.6) is 0 Å². The Hall–Kier alpha value is -1.30. The first-order chi connectivity index (χ1) is 9.38. The fraction of sp³-hybridized carbons (Fsp3) is 0.214. The van der Waals surface area contributed by atoms with Gasteiger partial charge in [0, 0.05) is 23.8 Å². The number of thiazole rings is 1. The predicted octanol–water partition coefficient (Wildman–Crippen LogP) is 3.19. The average molecular weight is 289 g/mol. The maximum Gasteiger partial charge on any atom is 0.194 e. The van der Waals surface area contributed by atoms with Gasteiger partial charge >= 0.3 is 0 Å². The van der Waals surface area contributed by atoms with Crippen LogP contribution in [0.2, 0.25) is 0 Å². The molecular formula is C14H15N3S2. The summed E-state index contributed by atoms with van der Waals surface area (Å²) in [6.07, 6.45) is 2.94. The first-order valence-electron chi connectivity index (χ1n) is 6.19. The van der Waals surface area contributed by atoms with Crippen molar-refractivity contribution in [3.8, 4) is 0 Å². The van der Waals surface area contributed by atoms with Crippen LogP contribution >= 0.6 is 23.1 Å². The minimum atomic E-state index is 0.655. The molecule has 0 aliphatic rings. The molecule has 3 nitrogen and oxygen atoms in total. The lowest BCUT2D eigenvalue weighted by atomic mass is 10.2. The zero-order valence-electron chi connectivity index (χ0n) is 10.5. The molecule has 3 aromatic rings. The van der Waals surface area contributed by atoms with Gasteiger partial charge in [-0.2, -0.15) is 0 Å². The normalized spacial score (nSPS) is 11.2. The third-order valence-corrected chi connectivity index (χ3v) is 4.76. The van der Waals surface area contributed by atoms with Crippen molar-refractivity contribution in [1.29, 1.82) is 0 Å². The van der Waals surface area contributed by atoms with Crippen molar-refractivity contribution in [2.45, 2.75) is 17.2 Å². The van der Waals surface area contributed by atoms with E-state index in [1.807, 2.05) is 6.07 Å². The minimum Gasteiger partial charge on any atom is -0.330 e. The van der Waals surface area contributed by atoms with Crippen LogP contribution in [-0.4, -0.2) is 15.9 Å². The quantitative estimate of drug-likeness (QED) is 0.734. The van der Waals surface area contributed by atoms with E-state index in [0.29, 0.717) is 6.54 Å². The number of aromatic nitrogens is 2. The summed E-state index contributed by atoms with van der Waals surface area (Å²) in [6.45, 7) is 0.655. The van der Waals surface area contributed by atoms with E-state index in [1.54, 1.807) is 23.1 Å². The summed E-state index contributed by atoms with van der Waals surface area (Å²) in [5.41, 5.74) is 8.27. The lowest BCUT2D eigenvalue weighted by Gasteiger charge is -2.03. The molecule has 2 N–H and O–H groups in total. The van der Waals surface area contributed by atoms with Gasteiger partial charge in [0.25, 0.3) is 0 Å². The van der Waals surface area contributed by atoms with Crippen molar-refractivity contribution < 1.29 is 0 Å². The van der Waals surface area contributed by atoms with Crippen molar-refractivity contribution in [2.24, 2.45) is 5.73 Å². The Morgan fingerprint density at radius 1 is 1.26 bits per heavy atom. The number of hydrogen-bond donors (Lipinski definition) is 1. The zero-order valence-corrected chi connectivity index (χ0v) is 12.1. The number of benzene rings is 1. The third-order valence-electron chi connectivity index (χ3n) is 2.92. The highest BCUT2D eigenvalue weighted by molar-refractivity contribution is 7.98. The van der Waals surface area contributed by atoms with Crippen molar-refractivity contribution in [3.05, 3.63) is 53.2 Å². The van der Waals surface area contributed by atoms with Crippen molar-refractivity contribution >= 4 is 28.1 Å². The minimum absolute atomic E-state index is 0.655. The SMILES string of the molecule is NCCc1c(SCc2ccccc2)nc2sccn12. The first-order valence-corrected chi connectivity index (χ1v) is 8.06. The molecule has 2 aromatic heterocycles. The fourth-order valence-corrected chi connectivity index (χ4v) is 3.82. The Morgan fingerprint density at radius 3 is 2.89 bits per heavy atom. The van der Waals surface area contributed by atoms with Crippen LogP contribution in [0.4, 0.5) is 0 Å². The monoisotopic (exact) mass is 289 g/mol. The van der Waals surface area contributed by atoms with Gasteiger partial charge in [-0.1, -0.05) is 42.1 Å². The molecule has 19 heavy (non-hydrogen) atoms. The Morgan fingerprint density at radius 2 is 2.11 bits per heavy atom. The fourth-order valence-electron chi connectivity index (χ4n) is 2.02. The molecule has 1 aromatic carbocycles. The lowest BCUT2D eigenvalue weighted by molar-refractivity contribution is 0.878. The van der Waals surface area contributed by atoms with Gasteiger partial charge in [-0.05, 0) is 12.1 Å². The van der Waals surface area contributed by atoms with E-state index in [1.165, 1.54) is 11.3 Å². The summed E-state index contributed by atoms with van der Waals surface area (Å²) in [5.74, 6) is 0.948. The Labute approximate surface area is 120 Å². The van der Waals surface area contributed by atoms with Gasteiger partial charge < -0.3 is 5.73 Å². The summed E-state index contributed by atoms with van der Waals surface area (Å²) in [4.78, 5) is 5.75. The van der Waals surface area contributed by atoms with E-state index in [0.717, 1.165) is 22.2 Å². The molecule has 0 bridgehead atoms. The van der Waals surface area contributed by atoms with E-state index in [4.69, 9.17) is 10.7 Å². The summed E-state index contributed by atoms with van der Waals surface area (Å²) in [7, 11) is 0. The standard InChI is InChI=1S/C14H15N3S2/c15-7-6-12-13(16-14-17(12)8-9-18-14)19-10-11-4-2-1-3-5-11/h1-5,8-9H,6-7,10,15H2. The van der Waals surface area contributed by atoms with Gasteiger partial charge in [0.2, 0.25) is 0 Å². The highest BCUT2D eigenvalue weighted by atomic mass is 32.2. The number of fused-ring (bicyclic) bond motifs is 1. The summed E-state index contributed by atoms with van der Waals surface area (Å²) in [5, 5.41) is 3.18. The predicted molar refractivity (Wildman–Crippen MR) is 81.8 cm³/mol. The smallest absolute Gasteiger partial charge is 0.194 e. The number of nitrogens with two attached hydrogens (primary N) is 1. The molecule has 98 valence electrons.